The average Bonchev–Trinajstić information content (AvgIpc) is 2.98. The van der Waals surface area contributed by atoms with Gasteiger partial charge in [-0.1, -0.05) is 19.8 Å². The van der Waals surface area contributed by atoms with Gasteiger partial charge in [0.05, 0.1) is 6.61 Å². The van der Waals surface area contributed by atoms with Crippen LogP contribution in [0, 0.1) is 0 Å². The summed E-state index contributed by atoms with van der Waals surface area (Å²) in [5.74, 6) is 0.646. The minimum atomic E-state index is -4.10. The largest absolute Gasteiger partial charge is 0.494 e. The Hall–Kier alpha value is -1.31. The second kappa shape index (κ2) is 9.40. The molecule has 142 valence electrons. The standard InChI is InChI=1S/C18H30N2O4S/c1-3-4-5-10-20(2)11-6-7-12-24-15-8-9-17-16(13-15)18(14-19-17)25(21,22)23/h8-9,13,18-19H,3-7,10-12,14H2,1-2H3,(H,21,22,23). The number of hydrogen-bond acceptors (Lipinski definition) is 5. The second-order valence-electron chi connectivity index (χ2n) is 6.70. The van der Waals surface area contributed by atoms with Crippen molar-refractivity contribution < 1.29 is 17.7 Å². The van der Waals surface area contributed by atoms with Gasteiger partial charge in [0.25, 0.3) is 10.1 Å². The number of unbranched alkanes of at least 4 members (excludes halogenated alkanes) is 3. The Morgan fingerprint density at radius 2 is 1.96 bits per heavy atom. The number of benzene rings is 1. The highest BCUT2D eigenvalue weighted by Crippen LogP contribution is 2.36. The van der Waals surface area contributed by atoms with Gasteiger partial charge in [0.2, 0.25) is 0 Å². The maximum Gasteiger partial charge on any atom is 0.273 e. The molecule has 0 aliphatic carbocycles. The summed E-state index contributed by atoms with van der Waals surface area (Å²) >= 11 is 0. The molecule has 1 heterocycles. The van der Waals surface area contributed by atoms with Crippen molar-refractivity contribution in [3.05, 3.63) is 23.8 Å². The molecule has 0 saturated heterocycles. The van der Waals surface area contributed by atoms with Gasteiger partial charge < -0.3 is 15.0 Å². The van der Waals surface area contributed by atoms with E-state index in [1.807, 2.05) is 6.07 Å². The molecule has 0 radical (unpaired) electrons. The molecule has 0 spiro atoms. The van der Waals surface area contributed by atoms with E-state index < -0.39 is 15.4 Å². The summed E-state index contributed by atoms with van der Waals surface area (Å²) in [5, 5.41) is 2.08. The Kier molecular flexibility index (Phi) is 7.53. The molecule has 0 amide bonds. The summed E-state index contributed by atoms with van der Waals surface area (Å²) in [5.41, 5.74) is 1.32. The van der Waals surface area contributed by atoms with E-state index in [4.69, 9.17) is 4.74 Å². The molecule has 1 aliphatic heterocycles. The molecule has 1 aromatic rings. The van der Waals surface area contributed by atoms with E-state index in [2.05, 4.69) is 24.2 Å². The molecule has 2 N–H and O–H groups in total. The maximum atomic E-state index is 11.4. The Bertz CT molecular complexity index is 648. The Morgan fingerprint density at radius 1 is 1.24 bits per heavy atom. The van der Waals surface area contributed by atoms with Crippen molar-refractivity contribution in [1.29, 1.82) is 0 Å². The van der Waals surface area contributed by atoms with E-state index in [1.165, 1.54) is 19.3 Å². The number of anilines is 1. The zero-order valence-electron chi connectivity index (χ0n) is 15.2. The third-order valence-electron chi connectivity index (χ3n) is 4.55. The van der Waals surface area contributed by atoms with Crippen LogP contribution in [0.2, 0.25) is 0 Å². The summed E-state index contributed by atoms with van der Waals surface area (Å²) in [7, 11) is -1.95. The van der Waals surface area contributed by atoms with Crippen molar-refractivity contribution in [2.45, 2.75) is 44.3 Å². The topological polar surface area (TPSA) is 78.9 Å². The van der Waals surface area contributed by atoms with E-state index in [0.29, 0.717) is 17.9 Å². The zero-order chi connectivity index (χ0) is 18.3. The number of nitrogens with zero attached hydrogens (tertiary/aromatic N) is 1. The van der Waals surface area contributed by atoms with Crippen LogP contribution in [0.15, 0.2) is 18.2 Å². The van der Waals surface area contributed by atoms with Crippen LogP contribution in [0.25, 0.3) is 0 Å². The predicted octanol–water partition coefficient (Wildman–Crippen LogP) is 3.32. The lowest BCUT2D eigenvalue weighted by Crippen LogP contribution is -2.21. The van der Waals surface area contributed by atoms with Gasteiger partial charge in [-0.3, -0.25) is 4.55 Å². The molecule has 2 rings (SSSR count). The van der Waals surface area contributed by atoms with Crippen molar-refractivity contribution in [2.75, 3.05) is 38.6 Å². The molecule has 0 saturated carbocycles. The molecule has 1 aromatic carbocycles. The predicted molar refractivity (Wildman–Crippen MR) is 101 cm³/mol. The first-order chi connectivity index (χ1) is 11.9. The van der Waals surface area contributed by atoms with Crippen LogP contribution in [0.3, 0.4) is 0 Å². The number of hydrogen-bond donors (Lipinski definition) is 2. The van der Waals surface area contributed by atoms with Crippen LogP contribution in [-0.4, -0.2) is 51.2 Å². The van der Waals surface area contributed by atoms with Crippen molar-refractivity contribution in [3.63, 3.8) is 0 Å². The molecule has 0 aromatic heterocycles. The van der Waals surface area contributed by atoms with Crippen molar-refractivity contribution in [2.24, 2.45) is 0 Å². The van der Waals surface area contributed by atoms with Gasteiger partial charge in [0.1, 0.15) is 11.0 Å². The number of rotatable bonds is 11. The van der Waals surface area contributed by atoms with Gasteiger partial charge in [-0.2, -0.15) is 8.42 Å². The van der Waals surface area contributed by atoms with E-state index in [9.17, 15) is 13.0 Å². The van der Waals surface area contributed by atoms with Gasteiger partial charge in [0, 0.05) is 17.8 Å². The van der Waals surface area contributed by atoms with Crippen molar-refractivity contribution in [3.8, 4) is 5.75 Å². The summed E-state index contributed by atoms with van der Waals surface area (Å²) in [6.07, 6.45) is 5.81. The molecule has 7 heteroatoms. The van der Waals surface area contributed by atoms with Crippen molar-refractivity contribution >= 4 is 15.8 Å². The SMILES string of the molecule is CCCCCN(C)CCCCOc1ccc2c(c1)C(S(=O)(=O)O)CN2. The van der Waals surface area contributed by atoms with Gasteiger partial charge in [-0.25, -0.2) is 0 Å². The second-order valence-corrected chi connectivity index (χ2v) is 8.30. The van der Waals surface area contributed by atoms with Crippen LogP contribution in [-0.2, 0) is 10.1 Å². The Morgan fingerprint density at radius 3 is 2.64 bits per heavy atom. The highest BCUT2D eigenvalue weighted by atomic mass is 32.2. The van der Waals surface area contributed by atoms with Gasteiger partial charge >= 0.3 is 0 Å². The lowest BCUT2D eigenvalue weighted by Gasteiger charge is -2.16. The molecule has 0 bridgehead atoms. The van der Waals surface area contributed by atoms with E-state index >= 15 is 0 Å². The molecule has 1 atom stereocenters. The van der Waals surface area contributed by atoms with Crippen LogP contribution >= 0.6 is 0 Å². The number of fused-ring (bicyclic) bond motifs is 1. The third-order valence-corrected chi connectivity index (χ3v) is 5.69. The molecule has 6 nitrogen and oxygen atoms in total. The zero-order valence-corrected chi connectivity index (χ0v) is 16.0. The third kappa shape index (κ3) is 6.17. The fourth-order valence-corrected chi connectivity index (χ4v) is 3.86. The maximum absolute atomic E-state index is 11.4. The van der Waals surface area contributed by atoms with Crippen LogP contribution in [0.5, 0.6) is 5.75 Å². The molecule has 1 aliphatic rings. The highest BCUT2D eigenvalue weighted by molar-refractivity contribution is 7.86. The fraction of sp³-hybridized carbons (Fsp3) is 0.667. The lowest BCUT2D eigenvalue weighted by molar-refractivity contribution is 0.276. The average molecular weight is 371 g/mol. The smallest absolute Gasteiger partial charge is 0.273 e. The summed E-state index contributed by atoms with van der Waals surface area (Å²) in [6, 6.07) is 5.34. The van der Waals surface area contributed by atoms with E-state index in [1.54, 1.807) is 12.1 Å². The Labute approximate surface area is 151 Å². The molecule has 0 fully saturated rings. The molecular weight excluding hydrogens is 340 g/mol. The summed E-state index contributed by atoms with van der Waals surface area (Å²) < 4.78 is 37.9. The molecule has 25 heavy (non-hydrogen) atoms. The van der Waals surface area contributed by atoms with Gasteiger partial charge in [-0.15, -0.1) is 0 Å². The minimum absolute atomic E-state index is 0.196. The first-order valence-corrected chi connectivity index (χ1v) is 10.6. The quantitative estimate of drug-likeness (QED) is 0.459. The molecule has 1 unspecified atom stereocenters. The van der Waals surface area contributed by atoms with Crippen LogP contribution in [0.4, 0.5) is 5.69 Å². The van der Waals surface area contributed by atoms with Gasteiger partial charge in [0.15, 0.2) is 0 Å². The lowest BCUT2D eigenvalue weighted by atomic mass is 10.1. The van der Waals surface area contributed by atoms with Crippen LogP contribution < -0.4 is 10.1 Å². The minimum Gasteiger partial charge on any atom is -0.494 e. The van der Waals surface area contributed by atoms with E-state index in [0.717, 1.165) is 31.6 Å². The van der Waals surface area contributed by atoms with Crippen LogP contribution in [0.1, 0.15) is 49.8 Å². The van der Waals surface area contributed by atoms with Gasteiger partial charge in [-0.05, 0) is 57.6 Å². The first kappa shape index (κ1) is 20.0. The highest BCUT2D eigenvalue weighted by Gasteiger charge is 2.32. The normalized spacial score (nSPS) is 16.7. The summed E-state index contributed by atoms with van der Waals surface area (Å²) in [4.78, 5) is 2.35. The fourth-order valence-electron chi connectivity index (χ4n) is 3.05. The van der Waals surface area contributed by atoms with E-state index in [-0.39, 0.29) is 6.54 Å². The Balaban J connectivity index is 1.74. The summed E-state index contributed by atoms with van der Waals surface area (Å²) in [6.45, 7) is 5.22. The van der Waals surface area contributed by atoms with Crippen molar-refractivity contribution in [1.82, 2.24) is 4.90 Å². The first-order valence-electron chi connectivity index (χ1n) is 9.07. The molecular formula is C18H30N2O4S. The monoisotopic (exact) mass is 370 g/mol. The number of ether oxygens (including phenoxy) is 1. The number of nitrogens with one attached hydrogen (secondary N) is 1.